The number of unbranched alkanes of at least 4 members (excludes halogenated alkanes) is 2. The van der Waals surface area contributed by atoms with Crippen molar-refractivity contribution in [3.05, 3.63) is 0 Å². The topological polar surface area (TPSA) is 46.3 Å². The molecule has 0 aromatic heterocycles. The monoisotopic (exact) mass is 284 g/mol. The molecule has 0 heterocycles. The zero-order valence-electron chi connectivity index (χ0n) is 12.6. The lowest BCUT2D eigenvalue weighted by atomic mass is 9.84. The van der Waals surface area contributed by atoms with Crippen LogP contribution in [0.5, 0.6) is 0 Å². The van der Waals surface area contributed by atoms with E-state index in [0.29, 0.717) is 4.99 Å². The minimum absolute atomic E-state index is 0.170. The van der Waals surface area contributed by atoms with E-state index in [-0.39, 0.29) is 11.9 Å². The first-order valence-corrected chi connectivity index (χ1v) is 7.97. The molecule has 0 saturated heterocycles. The second-order valence-electron chi connectivity index (χ2n) is 5.95. The molecule has 1 saturated carbocycles. The third-order valence-corrected chi connectivity index (χ3v) is 4.62. The van der Waals surface area contributed by atoms with Crippen molar-refractivity contribution in [2.45, 2.75) is 71.8 Å². The lowest BCUT2D eigenvalue weighted by Gasteiger charge is -2.36. The smallest absolute Gasteiger partial charge is 0.235 e. The van der Waals surface area contributed by atoms with Crippen LogP contribution in [0.25, 0.3) is 0 Å². The second kappa shape index (κ2) is 7.22. The molecule has 1 aliphatic carbocycles. The maximum absolute atomic E-state index is 12.9. The van der Waals surface area contributed by atoms with Crippen molar-refractivity contribution >= 4 is 23.1 Å². The fourth-order valence-electron chi connectivity index (χ4n) is 2.95. The Bertz CT molecular complexity index is 322. The first-order valence-electron chi connectivity index (χ1n) is 7.56. The summed E-state index contributed by atoms with van der Waals surface area (Å²) in [6.45, 7) is 7.15. The number of hydrogen-bond donors (Lipinski definition) is 1. The van der Waals surface area contributed by atoms with Crippen LogP contribution in [-0.4, -0.2) is 28.4 Å². The van der Waals surface area contributed by atoms with E-state index in [9.17, 15) is 4.79 Å². The Kier molecular flexibility index (Phi) is 6.24. The van der Waals surface area contributed by atoms with Gasteiger partial charge in [0.1, 0.15) is 0 Å². The molecule has 1 fully saturated rings. The SMILES string of the molecule is CCCCCN(C(=O)C1(C(N)=S)CCCC1)C(C)C. The summed E-state index contributed by atoms with van der Waals surface area (Å²) in [5.74, 6) is 0.170. The van der Waals surface area contributed by atoms with Crippen LogP contribution < -0.4 is 5.73 Å². The van der Waals surface area contributed by atoms with Gasteiger partial charge in [-0.25, -0.2) is 0 Å². The Hall–Kier alpha value is -0.640. The van der Waals surface area contributed by atoms with Gasteiger partial charge in [-0.15, -0.1) is 0 Å². The Balaban J connectivity index is 2.82. The van der Waals surface area contributed by atoms with Gasteiger partial charge in [-0.2, -0.15) is 0 Å². The highest BCUT2D eigenvalue weighted by Crippen LogP contribution is 2.40. The molecule has 110 valence electrons. The molecule has 0 unspecified atom stereocenters. The normalized spacial score (nSPS) is 17.7. The summed E-state index contributed by atoms with van der Waals surface area (Å²) in [5.41, 5.74) is 5.36. The molecule has 1 rings (SSSR count). The van der Waals surface area contributed by atoms with Gasteiger partial charge in [0.2, 0.25) is 5.91 Å². The first-order chi connectivity index (χ1) is 8.95. The van der Waals surface area contributed by atoms with Crippen molar-refractivity contribution in [3.63, 3.8) is 0 Å². The Labute approximate surface area is 122 Å². The van der Waals surface area contributed by atoms with E-state index < -0.39 is 5.41 Å². The third-order valence-electron chi connectivity index (χ3n) is 4.22. The van der Waals surface area contributed by atoms with E-state index in [1.54, 1.807) is 0 Å². The van der Waals surface area contributed by atoms with E-state index in [0.717, 1.165) is 45.1 Å². The molecule has 0 bridgehead atoms. The summed E-state index contributed by atoms with van der Waals surface area (Å²) in [4.78, 5) is 15.3. The van der Waals surface area contributed by atoms with Gasteiger partial charge >= 0.3 is 0 Å². The van der Waals surface area contributed by atoms with Crippen molar-refractivity contribution in [2.24, 2.45) is 11.1 Å². The molecule has 0 radical (unpaired) electrons. The molecule has 4 heteroatoms. The van der Waals surface area contributed by atoms with Crippen LogP contribution in [0, 0.1) is 5.41 Å². The van der Waals surface area contributed by atoms with Gasteiger partial charge in [0.25, 0.3) is 0 Å². The maximum atomic E-state index is 12.9. The molecule has 1 amide bonds. The summed E-state index contributed by atoms with van der Waals surface area (Å²) < 4.78 is 0. The van der Waals surface area contributed by atoms with Gasteiger partial charge in [-0.05, 0) is 33.1 Å². The third kappa shape index (κ3) is 3.68. The molecule has 0 aliphatic heterocycles. The predicted molar refractivity (Wildman–Crippen MR) is 84.1 cm³/mol. The van der Waals surface area contributed by atoms with Gasteiger partial charge in [-0.1, -0.05) is 44.8 Å². The maximum Gasteiger partial charge on any atom is 0.235 e. The first kappa shape index (κ1) is 16.4. The summed E-state index contributed by atoms with van der Waals surface area (Å²) in [6, 6.07) is 0.219. The molecule has 1 aliphatic rings. The van der Waals surface area contributed by atoms with Gasteiger partial charge in [-0.3, -0.25) is 4.79 Å². The number of thiocarbonyl (C=S) groups is 1. The zero-order chi connectivity index (χ0) is 14.5. The van der Waals surface area contributed by atoms with E-state index >= 15 is 0 Å². The molecule has 2 N–H and O–H groups in total. The lowest BCUT2D eigenvalue weighted by molar-refractivity contribution is -0.140. The van der Waals surface area contributed by atoms with Crippen LogP contribution in [0.15, 0.2) is 0 Å². The highest BCUT2D eigenvalue weighted by Gasteiger charge is 2.46. The fourth-order valence-corrected chi connectivity index (χ4v) is 3.24. The molecule has 3 nitrogen and oxygen atoms in total. The van der Waals surface area contributed by atoms with Gasteiger partial charge in [0.05, 0.1) is 10.4 Å². The van der Waals surface area contributed by atoms with E-state index in [1.807, 2.05) is 4.90 Å². The quantitative estimate of drug-likeness (QED) is 0.576. The number of carbonyl (C=O) groups excluding carboxylic acids is 1. The largest absolute Gasteiger partial charge is 0.392 e. The summed E-state index contributed by atoms with van der Waals surface area (Å²) in [7, 11) is 0. The molecular formula is C15H28N2OS. The number of hydrogen-bond acceptors (Lipinski definition) is 2. The Morgan fingerprint density at radius 3 is 2.32 bits per heavy atom. The molecule has 0 aromatic rings. The van der Waals surface area contributed by atoms with Crippen molar-refractivity contribution in [2.75, 3.05) is 6.54 Å². The summed E-state index contributed by atoms with van der Waals surface area (Å²) in [6.07, 6.45) is 7.18. The second-order valence-corrected chi connectivity index (χ2v) is 6.39. The fraction of sp³-hybridized carbons (Fsp3) is 0.867. The van der Waals surface area contributed by atoms with E-state index in [4.69, 9.17) is 18.0 Å². The number of nitrogens with zero attached hydrogens (tertiary/aromatic N) is 1. The Morgan fingerprint density at radius 1 is 1.32 bits per heavy atom. The van der Waals surface area contributed by atoms with Crippen LogP contribution in [0.3, 0.4) is 0 Å². The molecule has 0 atom stereocenters. The highest BCUT2D eigenvalue weighted by atomic mass is 32.1. The Morgan fingerprint density at radius 2 is 1.89 bits per heavy atom. The predicted octanol–water partition coefficient (Wildman–Crippen LogP) is 3.26. The highest BCUT2D eigenvalue weighted by molar-refractivity contribution is 7.80. The van der Waals surface area contributed by atoms with Gasteiger partial charge in [0.15, 0.2) is 0 Å². The lowest BCUT2D eigenvalue weighted by Crippen LogP contribution is -2.51. The molecule has 0 aromatic carbocycles. The number of nitrogens with two attached hydrogens (primary N) is 1. The molecular weight excluding hydrogens is 256 g/mol. The van der Waals surface area contributed by atoms with Crippen LogP contribution in [0.4, 0.5) is 0 Å². The van der Waals surface area contributed by atoms with E-state index in [2.05, 4.69) is 20.8 Å². The number of carbonyl (C=O) groups is 1. The van der Waals surface area contributed by atoms with Crippen LogP contribution in [-0.2, 0) is 4.79 Å². The standard InChI is InChI=1S/C15H28N2OS/c1-4-5-8-11-17(12(2)3)14(18)15(13(16)19)9-6-7-10-15/h12H,4-11H2,1-3H3,(H2,16,19). The number of amides is 1. The summed E-state index contributed by atoms with van der Waals surface area (Å²) >= 11 is 5.22. The van der Waals surface area contributed by atoms with Crippen molar-refractivity contribution in [1.29, 1.82) is 0 Å². The van der Waals surface area contributed by atoms with Crippen LogP contribution in [0.1, 0.15) is 65.7 Å². The number of rotatable bonds is 7. The van der Waals surface area contributed by atoms with E-state index in [1.165, 1.54) is 6.42 Å². The van der Waals surface area contributed by atoms with Gasteiger partial charge in [0, 0.05) is 12.6 Å². The minimum Gasteiger partial charge on any atom is -0.392 e. The minimum atomic E-state index is -0.550. The zero-order valence-corrected chi connectivity index (χ0v) is 13.4. The average molecular weight is 284 g/mol. The van der Waals surface area contributed by atoms with Crippen molar-refractivity contribution in [3.8, 4) is 0 Å². The van der Waals surface area contributed by atoms with Crippen molar-refractivity contribution < 1.29 is 4.79 Å². The molecule has 0 spiro atoms. The van der Waals surface area contributed by atoms with Crippen molar-refractivity contribution in [1.82, 2.24) is 4.90 Å². The summed E-state index contributed by atoms with van der Waals surface area (Å²) in [5, 5.41) is 0. The van der Waals surface area contributed by atoms with Gasteiger partial charge < -0.3 is 10.6 Å². The van der Waals surface area contributed by atoms with Crippen LogP contribution in [0.2, 0.25) is 0 Å². The van der Waals surface area contributed by atoms with Crippen LogP contribution >= 0.6 is 12.2 Å². The average Bonchev–Trinajstić information content (AvgIpc) is 2.84. The molecule has 19 heavy (non-hydrogen) atoms.